The quantitative estimate of drug-likeness (QED) is 0.571. The Morgan fingerprint density at radius 3 is 2.66 bits per heavy atom. The molecule has 4 rings (SSSR count). The predicted octanol–water partition coefficient (Wildman–Crippen LogP) is 4.96. The summed E-state index contributed by atoms with van der Waals surface area (Å²) in [5, 5.41) is 4.13. The Hall–Kier alpha value is -2.87. The van der Waals surface area contributed by atoms with Crippen molar-refractivity contribution < 1.29 is 9.18 Å². The number of halogens is 1. The number of rotatable bonds is 6. The smallest absolute Gasteiger partial charge is 0.274 e. The highest BCUT2D eigenvalue weighted by molar-refractivity contribution is 7.15. The summed E-state index contributed by atoms with van der Waals surface area (Å²) in [4.78, 5) is 29.7. The molecule has 1 amide bonds. The van der Waals surface area contributed by atoms with Gasteiger partial charge in [-0.3, -0.25) is 4.79 Å². The van der Waals surface area contributed by atoms with Crippen molar-refractivity contribution >= 4 is 23.2 Å². The fourth-order valence-electron chi connectivity index (χ4n) is 4.14. The fourth-order valence-corrected chi connectivity index (χ4v) is 5.06. The highest BCUT2D eigenvalue weighted by atomic mass is 32.1. The standard InChI is InChI=1S/C24H28FN5OS/c1-4-17-12-26-24(27-13-17)28-14-20-15(2)6-5-11-30(20)23(31)21-22(32-16(3)29-21)18-7-9-19(25)10-8-18/h7-10,12-13,15,20H,4-6,11,14H2,1-3H3,(H,26,27,28)/t15-,20?/m1/s1. The van der Waals surface area contributed by atoms with Gasteiger partial charge in [0.05, 0.1) is 15.9 Å². The number of nitrogens with one attached hydrogen (secondary N) is 1. The van der Waals surface area contributed by atoms with Crippen LogP contribution in [0.5, 0.6) is 0 Å². The molecule has 0 spiro atoms. The molecular weight excluding hydrogens is 425 g/mol. The number of carbonyl (C=O) groups excluding carboxylic acids is 1. The largest absolute Gasteiger partial charge is 0.352 e. The first-order chi connectivity index (χ1) is 15.5. The van der Waals surface area contributed by atoms with Crippen LogP contribution in [-0.4, -0.2) is 44.9 Å². The van der Waals surface area contributed by atoms with Gasteiger partial charge in [-0.2, -0.15) is 0 Å². The molecule has 1 aliphatic heterocycles. The predicted molar refractivity (Wildman–Crippen MR) is 125 cm³/mol. The van der Waals surface area contributed by atoms with Crippen LogP contribution < -0.4 is 5.32 Å². The van der Waals surface area contributed by atoms with Gasteiger partial charge < -0.3 is 10.2 Å². The van der Waals surface area contributed by atoms with Gasteiger partial charge in [-0.15, -0.1) is 11.3 Å². The van der Waals surface area contributed by atoms with Crippen LogP contribution >= 0.6 is 11.3 Å². The molecule has 1 aliphatic rings. The molecule has 6 nitrogen and oxygen atoms in total. The van der Waals surface area contributed by atoms with Crippen LogP contribution in [0.2, 0.25) is 0 Å². The first-order valence-electron chi connectivity index (χ1n) is 11.1. The van der Waals surface area contributed by atoms with Crippen LogP contribution in [0.3, 0.4) is 0 Å². The molecule has 8 heteroatoms. The van der Waals surface area contributed by atoms with E-state index >= 15 is 0 Å². The van der Waals surface area contributed by atoms with Gasteiger partial charge >= 0.3 is 0 Å². The van der Waals surface area contributed by atoms with E-state index in [1.54, 1.807) is 12.1 Å². The molecule has 0 radical (unpaired) electrons. The number of piperidine rings is 1. The third-order valence-electron chi connectivity index (χ3n) is 6.00. The Kier molecular flexibility index (Phi) is 6.79. The number of anilines is 1. The highest BCUT2D eigenvalue weighted by Crippen LogP contribution is 2.33. The third-order valence-corrected chi connectivity index (χ3v) is 7.02. The van der Waals surface area contributed by atoms with Crippen LogP contribution in [0.25, 0.3) is 10.4 Å². The van der Waals surface area contributed by atoms with Gasteiger partial charge in [0.2, 0.25) is 5.95 Å². The molecule has 32 heavy (non-hydrogen) atoms. The van der Waals surface area contributed by atoms with E-state index < -0.39 is 0 Å². The number of hydrogen-bond acceptors (Lipinski definition) is 6. The van der Waals surface area contributed by atoms with Gasteiger partial charge in [0.1, 0.15) is 11.5 Å². The maximum absolute atomic E-state index is 13.7. The van der Waals surface area contributed by atoms with E-state index in [0.717, 1.165) is 40.3 Å². The normalized spacial score (nSPS) is 18.6. The van der Waals surface area contributed by atoms with Crippen molar-refractivity contribution in [1.29, 1.82) is 0 Å². The second-order valence-corrected chi connectivity index (χ2v) is 9.46. The van der Waals surface area contributed by atoms with E-state index in [1.165, 1.54) is 23.5 Å². The summed E-state index contributed by atoms with van der Waals surface area (Å²) < 4.78 is 13.4. The van der Waals surface area contributed by atoms with Crippen molar-refractivity contribution in [3.05, 3.63) is 58.7 Å². The first kappa shape index (κ1) is 22.3. The molecule has 0 saturated carbocycles. The molecule has 3 aromatic rings. The van der Waals surface area contributed by atoms with Gasteiger partial charge in [-0.25, -0.2) is 19.3 Å². The Labute approximate surface area is 191 Å². The van der Waals surface area contributed by atoms with Gasteiger partial charge in [0.25, 0.3) is 5.91 Å². The highest BCUT2D eigenvalue weighted by Gasteiger charge is 2.34. The molecule has 2 aromatic heterocycles. The van der Waals surface area contributed by atoms with Crippen molar-refractivity contribution in [2.75, 3.05) is 18.4 Å². The Bertz CT molecular complexity index is 1070. The van der Waals surface area contributed by atoms with Gasteiger partial charge in [0, 0.05) is 25.5 Å². The van der Waals surface area contributed by atoms with E-state index in [-0.39, 0.29) is 17.8 Å². The molecule has 1 saturated heterocycles. The minimum absolute atomic E-state index is 0.00813. The summed E-state index contributed by atoms with van der Waals surface area (Å²) in [6.45, 7) is 7.40. The average molecular weight is 454 g/mol. The van der Waals surface area contributed by atoms with E-state index in [4.69, 9.17) is 0 Å². The summed E-state index contributed by atoms with van der Waals surface area (Å²) in [6.07, 6.45) is 6.57. The van der Waals surface area contributed by atoms with Crippen LogP contribution in [-0.2, 0) is 6.42 Å². The maximum Gasteiger partial charge on any atom is 0.274 e. The summed E-state index contributed by atoms with van der Waals surface area (Å²) >= 11 is 1.46. The third kappa shape index (κ3) is 4.80. The lowest BCUT2D eigenvalue weighted by atomic mass is 9.90. The van der Waals surface area contributed by atoms with Crippen LogP contribution in [0.4, 0.5) is 10.3 Å². The first-order valence-corrected chi connectivity index (χ1v) is 11.9. The Morgan fingerprint density at radius 2 is 1.97 bits per heavy atom. The number of aryl methyl sites for hydroxylation is 2. The Balaban J connectivity index is 1.56. The molecule has 0 aliphatic carbocycles. The van der Waals surface area contributed by atoms with Gasteiger partial charge in [-0.1, -0.05) is 26.0 Å². The van der Waals surface area contributed by atoms with Crippen molar-refractivity contribution in [2.24, 2.45) is 5.92 Å². The molecule has 1 fully saturated rings. The lowest BCUT2D eigenvalue weighted by Gasteiger charge is -2.40. The van der Waals surface area contributed by atoms with Crippen LogP contribution in [0.15, 0.2) is 36.7 Å². The van der Waals surface area contributed by atoms with Crippen LogP contribution in [0.1, 0.15) is 47.7 Å². The number of thiazole rings is 1. The number of hydrogen-bond donors (Lipinski definition) is 1. The van der Waals surface area contributed by atoms with E-state index in [1.807, 2.05) is 24.2 Å². The monoisotopic (exact) mass is 453 g/mol. The number of carbonyl (C=O) groups is 1. The minimum atomic E-state index is -0.298. The number of likely N-dealkylation sites (tertiary alicyclic amines) is 1. The minimum Gasteiger partial charge on any atom is -0.352 e. The maximum atomic E-state index is 13.7. The van der Waals surface area contributed by atoms with E-state index in [0.29, 0.717) is 30.6 Å². The van der Waals surface area contributed by atoms with Crippen LogP contribution in [0, 0.1) is 18.7 Å². The summed E-state index contributed by atoms with van der Waals surface area (Å²) in [5.41, 5.74) is 2.34. The molecule has 1 unspecified atom stereocenters. The number of nitrogens with zero attached hydrogens (tertiary/aromatic N) is 4. The molecule has 2 atom stereocenters. The molecule has 1 aromatic carbocycles. The van der Waals surface area contributed by atoms with Crippen molar-refractivity contribution in [3.63, 3.8) is 0 Å². The Morgan fingerprint density at radius 1 is 1.25 bits per heavy atom. The van der Waals surface area contributed by atoms with E-state index in [9.17, 15) is 9.18 Å². The second-order valence-electron chi connectivity index (χ2n) is 8.25. The van der Waals surface area contributed by atoms with Crippen molar-refractivity contribution in [3.8, 4) is 10.4 Å². The van der Waals surface area contributed by atoms with E-state index in [2.05, 4.69) is 34.1 Å². The zero-order valence-corrected chi connectivity index (χ0v) is 19.5. The summed E-state index contributed by atoms with van der Waals surface area (Å²) in [7, 11) is 0. The lowest BCUT2D eigenvalue weighted by Crippen LogP contribution is -2.51. The topological polar surface area (TPSA) is 71.0 Å². The molecule has 0 bridgehead atoms. The van der Waals surface area contributed by atoms with Gasteiger partial charge in [0.15, 0.2) is 0 Å². The zero-order valence-electron chi connectivity index (χ0n) is 18.6. The summed E-state index contributed by atoms with van der Waals surface area (Å²) in [5.74, 6) is 0.537. The fraction of sp³-hybridized carbons (Fsp3) is 0.417. The molecular formula is C24H28FN5OS. The SMILES string of the molecule is CCc1cnc(NCC2[C@H](C)CCCN2C(=O)c2nc(C)sc2-c2ccc(F)cc2)nc1. The lowest BCUT2D eigenvalue weighted by molar-refractivity contribution is 0.0535. The second kappa shape index (κ2) is 9.73. The number of amides is 1. The average Bonchev–Trinajstić information content (AvgIpc) is 3.20. The molecule has 168 valence electrons. The van der Waals surface area contributed by atoms with Crippen molar-refractivity contribution in [2.45, 2.75) is 46.1 Å². The molecule has 3 heterocycles. The molecule has 1 N–H and O–H groups in total. The zero-order chi connectivity index (χ0) is 22.7. The summed E-state index contributed by atoms with van der Waals surface area (Å²) in [6, 6.07) is 6.24. The number of benzene rings is 1. The van der Waals surface area contributed by atoms with Gasteiger partial charge in [-0.05, 0) is 55.4 Å². The number of aromatic nitrogens is 3. The van der Waals surface area contributed by atoms with Crippen molar-refractivity contribution in [1.82, 2.24) is 19.9 Å².